The first-order valence-corrected chi connectivity index (χ1v) is 5.35. The summed E-state index contributed by atoms with van der Waals surface area (Å²) in [5.74, 6) is 0.227. The van der Waals surface area contributed by atoms with Crippen LogP contribution in [0.15, 0.2) is 18.2 Å². The predicted molar refractivity (Wildman–Crippen MR) is 59.6 cm³/mol. The highest BCUT2D eigenvalue weighted by atomic mass is 16.5. The lowest BCUT2D eigenvalue weighted by Crippen LogP contribution is -2.40. The van der Waals surface area contributed by atoms with Crippen LogP contribution in [0.2, 0.25) is 0 Å². The van der Waals surface area contributed by atoms with Crippen LogP contribution in [0.4, 0.5) is 0 Å². The SMILES string of the molecule is Cc1cc(C(=O)N2CCOCC2)ccc1O. The van der Waals surface area contributed by atoms with E-state index in [2.05, 4.69) is 0 Å². The second kappa shape index (κ2) is 4.53. The average Bonchev–Trinajstić information content (AvgIpc) is 2.33. The number of carbonyl (C=O) groups excluding carboxylic acids is 1. The molecule has 0 unspecified atom stereocenters. The molecule has 1 fully saturated rings. The molecule has 2 rings (SSSR count). The summed E-state index contributed by atoms with van der Waals surface area (Å²) in [6.45, 7) is 4.26. The fourth-order valence-corrected chi connectivity index (χ4v) is 1.74. The molecule has 1 saturated heterocycles. The Morgan fingerprint density at radius 2 is 2.06 bits per heavy atom. The van der Waals surface area contributed by atoms with Crippen LogP contribution < -0.4 is 0 Å². The minimum absolute atomic E-state index is 0.00593. The molecule has 1 aromatic rings. The minimum Gasteiger partial charge on any atom is -0.508 e. The fourth-order valence-electron chi connectivity index (χ4n) is 1.74. The number of rotatable bonds is 1. The Morgan fingerprint density at radius 3 is 2.69 bits per heavy atom. The Labute approximate surface area is 94.4 Å². The van der Waals surface area contributed by atoms with Crippen LogP contribution in [-0.2, 0) is 4.74 Å². The van der Waals surface area contributed by atoms with Crippen molar-refractivity contribution in [3.05, 3.63) is 29.3 Å². The highest BCUT2D eigenvalue weighted by Crippen LogP contribution is 2.18. The Hall–Kier alpha value is -1.55. The summed E-state index contributed by atoms with van der Waals surface area (Å²) in [7, 11) is 0. The number of aromatic hydroxyl groups is 1. The molecule has 1 aliphatic heterocycles. The zero-order chi connectivity index (χ0) is 11.5. The molecule has 0 radical (unpaired) electrons. The van der Waals surface area contributed by atoms with Gasteiger partial charge in [-0.2, -0.15) is 0 Å². The van der Waals surface area contributed by atoms with E-state index in [9.17, 15) is 9.90 Å². The van der Waals surface area contributed by atoms with Crippen LogP contribution in [0.1, 0.15) is 15.9 Å². The summed E-state index contributed by atoms with van der Waals surface area (Å²) in [5.41, 5.74) is 1.34. The third-order valence-corrected chi connectivity index (χ3v) is 2.74. The maximum absolute atomic E-state index is 12.1. The van der Waals surface area contributed by atoms with Gasteiger partial charge in [-0.05, 0) is 30.7 Å². The second-order valence-electron chi connectivity index (χ2n) is 3.91. The van der Waals surface area contributed by atoms with Crippen LogP contribution in [0, 0.1) is 6.92 Å². The van der Waals surface area contributed by atoms with Crippen molar-refractivity contribution < 1.29 is 14.6 Å². The fraction of sp³-hybridized carbons (Fsp3) is 0.417. The van der Waals surface area contributed by atoms with Gasteiger partial charge >= 0.3 is 0 Å². The number of phenols is 1. The van der Waals surface area contributed by atoms with Crippen LogP contribution in [-0.4, -0.2) is 42.2 Å². The molecule has 0 bridgehead atoms. The van der Waals surface area contributed by atoms with Crippen LogP contribution in [0.3, 0.4) is 0 Å². The minimum atomic E-state index is 0.00593. The largest absolute Gasteiger partial charge is 0.508 e. The third-order valence-electron chi connectivity index (χ3n) is 2.74. The van der Waals surface area contributed by atoms with E-state index >= 15 is 0 Å². The summed E-state index contributed by atoms with van der Waals surface area (Å²) in [5, 5.41) is 9.39. The molecule has 0 spiro atoms. The van der Waals surface area contributed by atoms with Gasteiger partial charge in [0, 0.05) is 18.7 Å². The van der Waals surface area contributed by atoms with Gasteiger partial charge in [0.15, 0.2) is 0 Å². The molecule has 1 amide bonds. The molecule has 1 aliphatic rings. The predicted octanol–water partition coefficient (Wildman–Crippen LogP) is 1.17. The first kappa shape index (κ1) is 11.0. The highest BCUT2D eigenvalue weighted by molar-refractivity contribution is 5.94. The van der Waals surface area contributed by atoms with E-state index < -0.39 is 0 Å². The quantitative estimate of drug-likeness (QED) is 0.774. The van der Waals surface area contributed by atoms with Crippen molar-refractivity contribution in [3.63, 3.8) is 0 Å². The molecule has 4 heteroatoms. The number of hydrogen-bond donors (Lipinski definition) is 1. The summed E-state index contributed by atoms with van der Waals surface area (Å²) in [6.07, 6.45) is 0. The van der Waals surface area contributed by atoms with Gasteiger partial charge in [0.2, 0.25) is 0 Å². The molecule has 0 saturated carbocycles. The van der Waals surface area contributed by atoms with E-state index in [-0.39, 0.29) is 11.7 Å². The average molecular weight is 221 g/mol. The van der Waals surface area contributed by atoms with Crippen LogP contribution in [0.5, 0.6) is 5.75 Å². The number of hydrogen-bond acceptors (Lipinski definition) is 3. The zero-order valence-electron chi connectivity index (χ0n) is 9.27. The lowest BCUT2D eigenvalue weighted by atomic mass is 10.1. The Balaban J connectivity index is 2.16. The molecular formula is C12H15NO3. The van der Waals surface area contributed by atoms with E-state index in [0.29, 0.717) is 31.9 Å². The van der Waals surface area contributed by atoms with Gasteiger partial charge in [-0.15, -0.1) is 0 Å². The number of carbonyl (C=O) groups is 1. The van der Waals surface area contributed by atoms with Gasteiger partial charge < -0.3 is 14.7 Å². The van der Waals surface area contributed by atoms with Crippen molar-refractivity contribution in [1.29, 1.82) is 0 Å². The molecule has 1 heterocycles. The molecule has 16 heavy (non-hydrogen) atoms. The van der Waals surface area contributed by atoms with Gasteiger partial charge in [-0.1, -0.05) is 0 Å². The number of morpholine rings is 1. The van der Waals surface area contributed by atoms with Gasteiger partial charge in [0.25, 0.3) is 5.91 Å². The summed E-state index contributed by atoms with van der Waals surface area (Å²) in [6, 6.07) is 4.93. The monoisotopic (exact) mass is 221 g/mol. The summed E-state index contributed by atoms with van der Waals surface area (Å²) in [4.78, 5) is 13.8. The van der Waals surface area contributed by atoms with Gasteiger partial charge in [0.05, 0.1) is 13.2 Å². The van der Waals surface area contributed by atoms with Gasteiger partial charge in [0.1, 0.15) is 5.75 Å². The maximum Gasteiger partial charge on any atom is 0.254 e. The first-order chi connectivity index (χ1) is 7.68. The lowest BCUT2D eigenvalue weighted by Gasteiger charge is -2.27. The van der Waals surface area contributed by atoms with E-state index in [4.69, 9.17) is 4.74 Å². The van der Waals surface area contributed by atoms with E-state index in [1.165, 1.54) is 0 Å². The van der Waals surface area contributed by atoms with Crippen LogP contribution in [0.25, 0.3) is 0 Å². The number of benzene rings is 1. The molecule has 4 nitrogen and oxygen atoms in total. The molecule has 0 aromatic heterocycles. The Morgan fingerprint density at radius 1 is 1.38 bits per heavy atom. The second-order valence-corrected chi connectivity index (χ2v) is 3.91. The molecule has 1 N–H and O–H groups in total. The highest BCUT2D eigenvalue weighted by Gasteiger charge is 2.18. The Kier molecular flexibility index (Phi) is 3.10. The third kappa shape index (κ3) is 2.17. The topological polar surface area (TPSA) is 49.8 Å². The number of nitrogens with zero attached hydrogens (tertiary/aromatic N) is 1. The first-order valence-electron chi connectivity index (χ1n) is 5.35. The van der Waals surface area contributed by atoms with Crippen molar-refractivity contribution in [1.82, 2.24) is 4.90 Å². The zero-order valence-corrected chi connectivity index (χ0v) is 9.27. The van der Waals surface area contributed by atoms with E-state index in [1.54, 1.807) is 30.0 Å². The Bertz CT molecular complexity index is 397. The van der Waals surface area contributed by atoms with Crippen molar-refractivity contribution >= 4 is 5.91 Å². The van der Waals surface area contributed by atoms with Crippen molar-refractivity contribution in [3.8, 4) is 5.75 Å². The van der Waals surface area contributed by atoms with Gasteiger partial charge in [-0.25, -0.2) is 0 Å². The normalized spacial score (nSPS) is 16.2. The van der Waals surface area contributed by atoms with Crippen molar-refractivity contribution in [2.24, 2.45) is 0 Å². The number of ether oxygens (including phenoxy) is 1. The summed E-state index contributed by atoms with van der Waals surface area (Å²) < 4.78 is 5.19. The maximum atomic E-state index is 12.1. The standard InChI is InChI=1S/C12H15NO3/c1-9-8-10(2-3-11(9)14)12(15)13-4-6-16-7-5-13/h2-3,8,14H,4-7H2,1H3. The molecule has 0 atom stereocenters. The van der Waals surface area contributed by atoms with Crippen LogP contribution >= 0.6 is 0 Å². The molecule has 1 aromatic carbocycles. The number of amides is 1. The van der Waals surface area contributed by atoms with Crippen molar-refractivity contribution in [2.75, 3.05) is 26.3 Å². The smallest absolute Gasteiger partial charge is 0.254 e. The summed E-state index contributed by atoms with van der Waals surface area (Å²) >= 11 is 0. The van der Waals surface area contributed by atoms with Crippen molar-refractivity contribution in [2.45, 2.75) is 6.92 Å². The number of phenolic OH excluding ortho intramolecular Hbond substituents is 1. The number of aryl methyl sites for hydroxylation is 1. The molecule has 0 aliphatic carbocycles. The molecule has 86 valence electrons. The molecular weight excluding hydrogens is 206 g/mol. The van der Waals surface area contributed by atoms with E-state index in [0.717, 1.165) is 5.56 Å². The van der Waals surface area contributed by atoms with E-state index in [1.807, 2.05) is 0 Å². The lowest BCUT2D eigenvalue weighted by molar-refractivity contribution is 0.0303. The van der Waals surface area contributed by atoms with Gasteiger partial charge in [-0.3, -0.25) is 4.79 Å².